The Morgan fingerprint density at radius 2 is 2.16 bits per heavy atom. The van der Waals surface area contributed by atoms with E-state index < -0.39 is 0 Å². The maximum Gasteiger partial charge on any atom is 0.0538 e. The predicted molar refractivity (Wildman–Crippen MR) is 80.8 cm³/mol. The zero-order valence-corrected chi connectivity index (χ0v) is 12.9. The summed E-state index contributed by atoms with van der Waals surface area (Å²) in [6.45, 7) is 9.31. The van der Waals surface area contributed by atoms with Gasteiger partial charge in [0.25, 0.3) is 0 Å². The Bertz CT molecular complexity index is 419. The van der Waals surface area contributed by atoms with Crippen LogP contribution in [0.5, 0.6) is 0 Å². The summed E-state index contributed by atoms with van der Waals surface area (Å²) in [5.74, 6) is 0. The van der Waals surface area contributed by atoms with Crippen molar-refractivity contribution in [2.75, 3.05) is 19.8 Å². The Kier molecular flexibility index (Phi) is 4.54. The van der Waals surface area contributed by atoms with E-state index in [1.807, 2.05) is 12.1 Å². The lowest BCUT2D eigenvalue weighted by Crippen LogP contribution is -2.45. The van der Waals surface area contributed by atoms with Gasteiger partial charge in [-0.1, -0.05) is 23.7 Å². The molecule has 1 saturated heterocycles. The third kappa shape index (κ3) is 4.48. The van der Waals surface area contributed by atoms with Crippen LogP contribution in [-0.2, 0) is 11.2 Å². The van der Waals surface area contributed by atoms with Gasteiger partial charge in [0, 0.05) is 29.1 Å². The fourth-order valence-corrected chi connectivity index (χ4v) is 2.74. The van der Waals surface area contributed by atoms with Gasteiger partial charge in [-0.3, -0.25) is 0 Å². The second-order valence-corrected chi connectivity index (χ2v) is 7.15. The number of hydrogen-bond acceptors (Lipinski definition) is 2. The average Bonchev–Trinajstić information content (AvgIpc) is 2.75. The van der Waals surface area contributed by atoms with Gasteiger partial charge in [0.05, 0.1) is 6.61 Å². The summed E-state index contributed by atoms with van der Waals surface area (Å²) in [4.78, 5) is 0. The Labute approximate surface area is 121 Å². The van der Waals surface area contributed by atoms with E-state index in [4.69, 9.17) is 16.3 Å². The summed E-state index contributed by atoms with van der Waals surface area (Å²) in [7, 11) is 0. The highest BCUT2D eigenvalue weighted by Crippen LogP contribution is 2.33. The lowest BCUT2D eigenvalue weighted by molar-refractivity contribution is 0.144. The SMILES string of the molecule is CC(C)(C)NCC1(Cc2cccc(Cl)c2)CCOC1. The molecule has 0 spiro atoms. The minimum atomic E-state index is 0.143. The summed E-state index contributed by atoms with van der Waals surface area (Å²) in [5, 5.41) is 4.44. The number of rotatable bonds is 4. The summed E-state index contributed by atoms with van der Waals surface area (Å²) in [6, 6.07) is 8.18. The Balaban J connectivity index is 2.07. The number of hydrogen-bond donors (Lipinski definition) is 1. The summed E-state index contributed by atoms with van der Waals surface area (Å²) >= 11 is 6.08. The maximum absolute atomic E-state index is 6.08. The molecule has 1 unspecified atom stereocenters. The molecule has 0 saturated carbocycles. The zero-order valence-electron chi connectivity index (χ0n) is 12.1. The molecule has 0 bridgehead atoms. The van der Waals surface area contributed by atoms with E-state index in [0.717, 1.165) is 37.6 Å². The molecular formula is C16H24ClNO. The molecule has 1 heterocycles. The van der Waals surface area contributed by atoms with Crippen molar-refractivity contribution in [2.24, 2.45) is 5.41 Å². The third-order valence-electron chi connectivity index (χ3n) is 3.65. The number of ether oxygens (including phenoxy) is 1. The average molecular weight is 282 g/mol. The van der Waals surface area contributed by atoms with Gasteiger partial charge in [-0.25, -0.2) is 0 Å². The molecule has 1 aliphatic heterocycles. The Morgan fingerprint density at radius 3 is 2.74 bits per heavy atom. The first kappa shape index (κ1) is 14.8. The first-order valence-corrected chi connectivity index (χ1v) is 7.34. The maximum atomic E-state index is 6.08. The van der Waals surface area contributed by atoms with E-state index in [0.29, 0.717) is 0 Å². The largest absolute Gasteiger partial charge is 0.381 e. The van der Waals surface area contributed by atoms with Crippen molar-refractivity contribution in [2.45, 2.75) is 39.2 Å². The molecule has 106 valence electrons. The van der Waals surface area contributed by atoms with Crippen molar-refractivity contribution in [1.82, 2.24) is 5.32 Å². The van der Waals surface area contributed by atoms with Crippen LogP contribution in [0.2, 0.25) is 5.02 Å². The van der Waals surface area contributed by atoms with Gasteiger partial charge >= 0.3 is 0 Å². The van der Waals surface area contributed by atoms with Crippen LogP contribution in [-0.4, -0.2) is 25.3 Å². The van der Waals surface area contributed by atoms with Crippen molar-refractivity contribution in [3.63, 3.8) is 0 Å². The molecule has 1 N–H and O–H groups in total. The topological polar surface area (TPSA) is 21.3 Å². The number of nitrogens with one attached hydrogen (secondary N) is 1. The van der Waals surface area contributed by atoms with E-state index >= 15 is 0 Å². The third-order valence-corrected chi connectivity index (χ3v) is 3.88. The molecule has 0 aromatic heterocycles. The number of halogens is 1. The van der Waals surface area contributed by atoms with Gasteiger partial charge < -0.3 is 10.1 Å². The van der Waals surface area contributed by atoms with Crippen molar-refractivity contribution in [3.05, 3.63) is 34.9 Å². The molecule has 19 heavy (non-hydrogen) atoms. The van der Waals surface area contributed by atoms with E-state index in [-0.39, 0.29) is 11.0 Å². The monoisotopic (exact) mass is 281 g/mol. The van der Waals surface area contributed by atoms with Crippen molar-refractivity contribution >= 4 is 11.6 Å². The quantitative estimate of drug-likeness (QED) is 0.909. The molecule has 2 rings (SSSR count). The Hall–Kier alpha value is -0.570. The first-order chi connectivity index (χ1) is 8.89. The second-order valence-electron chi connectivity index (χ2n) is 6.71. The molecule has 0 amide bonds. The van der Waals surface area contributed by atoms with Crippen LogP contribution in [0.1, 0.15) is 32.8 Å². The van der Waals surface area contributed by atoms with E-state index in [1.165, 1.54) is 5.56 Å². The van der Waals surface area contributed by atoms with Crippen LogP contribution in [0.4, 0.5) is 0 Å². The van der Waals surface area contributed by atoms with E-state index in [1.54, 1.807) is 0 Å². The summed E-state index contributed by atoms with van der Waals surface area (Å²) < 4.78 is 5.66. The fourth-order valence-electron chi connectivity index (χ4n) is 2.52. The second kappa shape index (κ2) is 5.82. The smallest absolute Gasteiger partial charge is 0.0538 e. The molecule has 1 aromatic carbocycles. The van der Waals surface area contributed by atoms with Crippen LogP contribution in [0.3, 0.4) is 0 Å². The highest BCUT2D eigenvalue weighted by Gasteiger charge is 2.35. The summed E-state index contributed by atoms with van der Waals surface area (Å²) in [6.07, 6.45) is 2.14. The van der Waals surface area contributed by atoms with Gasteiger partial charge in [0.2, 0.25) is 0 Å². The molecule has 1 atom stereocenters. The van der Waals surface area contributed by atoms with Crippen molar-refractivity contribution in [3.8, 4) is 0 Å². The molecule has 0 radical (unpaired) electrons. The molecular weight excluding hydrogens is 258 g/mol. The van der Waals surface area contributed by atoms with Crippen molar-refractivity contribution < 1.29 is 4.74 Å². The minimum Gasteiger partial charge on any atom is -0.381 e. The van der Waals surface area contributed by atoms with Gasteiger partial charge in [-0.05, 0) is 51.3 Å². The molecule has 0 aliphatic carbocycles. The minimum absolute atomic E-state index is 0.143. The number of benzene rings is 1. The zero-order chi connectivity index (χ0) is 13.9. The molecule has 1 aromatic rings. The fraction of sp³-hybridized carbons (Fsp3) is 0.625. The van der Waals surface area contributed by atoms with Gasteiger partial charge in [-0.15, -0.1) is 0 Å². The van der Waals surface area contributed by atoms with Crippen molar-refractivity contribution in [1.29, 1.82) is 0 Å². The standard InChI is InChI=1S/C16H24ClNO/c1-15(2,3)18-11-16(7-8-19-12-16)10-13-5-4-6-14(17)9-13/h4-6,9,18H,7-8,10-12H2,1-3H3. The van der Waals surface area contributed by atoms with E-state index in [9.17, 15) is 0 Å². The van der Waals surface area contributed by atoms with E-state index in [2.05, 4.69) is 38.2 Å². The van der Waals surface area contributed by atoms with Crippen LogP contribution >= 0.6 is 11.6 Å². The summed E-state index contributed by atoms with van der Waals surface area (Å²) in [5.41, 5.74) is 1.65. The first-order valence-electron chi connectivity index (χ1n) is 6.96. The van der Waals surface area contributed by atoms with Crippen LogP contribution in [0.15, 0.2) is 24.3 Å². The van der Waals surface area contributed by atoms with Gasteiger partial charge in [-0.2, -0.15) is 0 Å². The predicted octanol–water partition coefficient (Wildman–Crippen LogP) is 3.68. The molecule has 2 nitrogen and oxygen atoms in total. The molecule has 3 heteroatoms. The van der Waals surface area contributed by atoms with Gasteiger partial charge in [0.1, 0.15) is 0 Å². The van der Waals surface area contributed by atoms with Crippen LogP contribution in [0, 0.1) is 5.41 Å². The van der Waals surface area contributed by atoms with Crippen LogP contribution in [0.25, 0.3) is 0 Å². The Morgan fingerprint density at radius 1 is 1.37 bits per heavy atom. The lowest BCUT2D eigenvalue weighted by Gasteiger charge is -2.32. The normalized spacial score (nSPS) is 23.8. The lowest BCUT2D eigenvalue weighted by atomic mass is 9.80. The highest BCUT2D eigenvalue weighted by molar-refractivity contribution is 6.30. The highest BCUT2D eigenvalue weighted by atomic mass is 35.5. The molecule has 1 aliphatic rings. The molecule has 1 fully saturated rings. The van der Waals surface area contributed by atoms with Crippen LogP contribution < -0.4 is 5.32 Å². The van der Waals surface area contributed by atoms with Gasteiger partial charge in [0.15, 0.2) is 0 Å².